The lowest BCUT2D eigenvalue weighted by Crippen LogP contribution is -2.48. The minimum Gasteiger partial charge on any atom is -0.495 e. The van der Waals surface area contributed by atoms with Crippen LogP contribution in [0.15, 0.2) is 27.6 Å². The summed E-state index contributed by atoms with van der Waals surface area (Å²) < 4.78 is 43.6. The highest BCUT2D eigenvalue weighted by molar-refractivity contribution is 7.89. The first-order chi connectivity index (χ1) is 15.4. The van der Waals surface area contributed by atoms with Gasteiger partial charge in [-0.15, -0.1) is 0 Å². The molecule has 2 aliphatic rings. The molecule has 1 aliphatic carbocycles. The Labute approximate surface area is 187 Å². The number of hydrogen-bond acceptors (Lipinski definition) is 8. The highest BCUT2D eigenvalue weighted by atomic mass is 32.2. The molecule has 0 bridgehead atoms. The molecule has 1 aromatic heterocycles. The van der Waals surface area contributed by atoms with Crippen molar-refractivity contribution in [3.05, 3.63) is 35.5 Å². The van der Waals surface area contributed by atoms with Crippen molar-refractivity contribution < 1.29 is 27.2 Å². The van der Waals surface area contributed by atoms with Crippen LogP contribution in [-0.4, -0.2) is 62.2 Å². The van der Waals surface area contributed by atoms with Gasteiger partial charge < -0.3 is 19.3 Å². The molecule has 1 N–H and O–H groups in total. The van der Waals surface area contributed by atoms with Crippen molar-refractivity contribution in [1.29, 1.82) is 0 Å². The summed E-state index contributed by atoms with van der Waals surface area (Å²) in [4.78, 5) is 17.6. The van der Waals surface area contributed by atoms with Gasteiger partial charge in [-0.1, -0.05) is 24.4 Å². The van der Waals surface area contributed by atoms with E-state index in [1.54, 1.807) is 13.0 Å². The van der Waals surface area contributed by atoms with Gasteiger partial charge in [-0.3, -0.25) is 4.79 Å². The lowest BCUT2D eigenvalue weighted by molar-refractivity contribution is 0.0729. The molecule has 1 saturated carbocycles. The van der Waals surface area contributed by atoms with Gasteiger partial charge in [0, 0.05) is 25.6 Å². The number of benzene rings is 1. The van der Waals surface area contributed by atoms with Crippen molar-refractivity contribution in [3.8, 4) is 5.75 Å². The minimum atomic E-state index is -3.85. The van der Waals surface area contributed by atoms with E-state index < -0.39 is 21.5 Å². The third kappa shape index (κ3) is 4.37. The summed E-state index contributed by atoms with van der Waals surface area (Å²) in [5, 5.41) is 7.15. The zero-order chi connectivity index (χ0) is 22.8. The normalized spacial score (nSPS) is 19.4. The molecule has 10 nitrogen and oxygen atoms in total. The van der Waals surface area contributed by atoms with Gasteiger partial charge in [0.25, 0.3) is 5.91 Å². The standard InChI is InChI=1S/C21H28N4O6S/c1-15-22-20(24-31-15)21(8-4-3-5-9-21)23-19(26)16-6-7-17(29-2)18(14-16)32(27,28)25-10-12-30-13-11-25/h6-7,14H,3-5,8-13H2,1-2H3,(H,23,26). The number of carbonyl (C=O) groups is 1. The molecule has 4 rings (SSSR count). The lowest BCUT2D eigenvalue weighted by Gasteiger charge is -2.35. The SMILES string of the molecule is COc1ccc(C(=O)NC2(c3noc(C)n3)CCCCC2)cc1S(=O)(=O)N1CCOCC1. The van der Waals surface area contributed by atoms with Gasteiger partial charge in [0.05, 0.1) is 20.3 Å². The van der Waals surface area contributed by atoms with E-state index in [9.17, 15) is 13.2 Å². The third-order valence-electron chi connectivity index (χ3n) is 6.03. The fourth-order valence-electron chi connectivity index (χ4n) is 4.29. The van der Waals surface area contributed by atoms with Gasteiger partial charge in [-0.25, -0.2) is 8.42 Å². The second kappa shape index (κ2) is 9.16. The van der Waals surface area contributed by atoms with Crippen LogP contribution in [-0.2, 0) is 20.3 Å². The fourth-order valence-corrected chi connectivity index (χ4v) is 5.88. The monoisotopic (exact) mass is 464 g/mol. The van der Waals surface area contributed by atoms with Crippen molar-refractivity contribution in [2.24, 2.45) is 0 Å². The third-order valence-corrected chi connectivity index (χ3v) is 7.95. The maximum absolute atomic E-state index is 13.3. The van der Waals surface area contributed by atoms with E-state index in [1.807, 2.05) is 0 Å². The van der Waals surface area contributed by atoms with Crippen LogP contribution in [0.25, 0.3) is 0 Å². The number of nitrogens with zero attached hydrogens (tertiary/aromatic N) is 3. The molecule has 1 saturated heterocycles. The number of morpholine rings is 1. The number of carbonyl (C=O) groups excluding carboxylic acids is 1. The second-order valence-corrected chi connectivity index (χ2v) is 10.0. The molecular formula is C21H28N4O6S. The van der Waals surface area contributed by atoms with Crippen LogP contribution in [0, 0.1) is 6.92 Å². The van der Waals surface area contributed by atoms with Crippen LogP contribution in [0.3, 0.4) is 0 Å². The van der Waals surface area contributed by atoms with Crippen LogP contribution in [0.4, 0.5) is 0 Å². The van der Waals surface area contributed by atoms with Crippen molar-refractivity contribution >= 4 is 15.9 Å². The van der Waals surface area contributed by atoms with E-state index in [4.69, 9.17) is 14.0 Å². The summed E-state index contributed by atoms with van der Waals surface area (Å²) in [5.74, 6) is 0.685. The predicted molar refractivity (Wildman–Crippen MR) is 114 cm³/mol. The molecule has 2 heterocycles. The van der Waals surface area contributed by atoms with E-state index in [2.05, 4.69) is 15.5 Å². The number of aromatic nitrogens is 2. The van der Waals surface area contributed by atoms with Crippen LogP contribution >= 0.6 is 0 Å². The number of sulfonamides is 1. The molecule has 32 heavy (non-hydrogen) atoms. The Balaban J connectivity index is 1.65. The highest BCUT2D eigenvalue weighted by Crippen LogP contribution is 2.36. The molecule has 0 radical (unpaired) electrons. The summed E-state index contributed by atoms with van der Waals surface area (Å²) in [6.07, 6.45) is 4.29. The molecule has 0 unspecified atom stereocenters. The molecule has 1 aromatic carbocycles. The summed E-state index contributed by atoms with van der Waals surface area (Å²) in [5.41, 5.74) is -0.515. The minimum absolute atomic E-state index is 0.0392. The number of ether oxygens (including phenoxy) is 2. The van der Waals surface area contributed by atoms with Crippen LogP contribution in [0.2, 0.25) is 0 Å². The predicted octanol–water partition coefficient (Wildman–Crippen LogP) is 2.00. The molecule has 2 fully saturated rings. The number of hydrogen-bond donors (Lipinski definition) is 1. The summed E-state index contributed by atoms with van der Waals surface area (Å²) in [6.45, 7) is 2.87. The van der Waals surface area contributed by atoms with Crippen LogP contribution < -0.4 is 10.1 Å². The van der Waals surface area contributed by atoms with Crippen molar-refractivity contribution in [1.82, 2.24) is 19.8 Å². The average Bonchev–Trinajstić information content (AvgIpc) is 3.27. The highest BCUT2D eigenvalue weighted by Gasteiger charge is 2.40. The van der Waals surface area contributed by atoms with Gasteiger partial charge in [0.2, 0.25) is 15.9 Å². The number of nitrogens with one attached hydrogen (secondary N) is 1. The van der Waals surface area contributed by atoms with E-state index in [-0.39, 0.29) is 29.3 Å². The Hall–Kier alpha value is -2.50. The second-order valence-electron chi connectivity index (χ2n) is 8.12. The fraction of sp³-hybridized carbons (Fsp3) is 0.571. The number of amides is 1. The number of methoxy groups -OCH3 is 1. The number of rotatable bonds is 6. The maximum atomic E-state index is 13.3. The molecule has 0 spiro atoms. The largest absolute Gasteiger partial charge is 0.495 e. The van der Waals surface area contributed by atoms with E-state index in [1.165, 1.54) is 23.5 Å². The smallest absolute Gasteiger partial charge is 0.252 e. The first-order valence-electron chi connectivity index (χ1n) is 10.7. The molecular weight excluding hydrogens is 436 g/mol. The maximum Gasteiger partial charge on any atom is 0.252 e. The topological polar surface area (TPSA) is 124 Å². The van der Waals surface area contributed by atoms with Gasteiger partial charge in [-0.05, 0) is 31.0 Å². The van der Waals surface area contributed by atoms with Crippen LogP contribution in [0.5, 0.6) is 5.75 Å². The Morgan fingerprint density at radius 1 is 1.19 bits per heavy atom. The van der Waals surface area contributed by atoms with E-state index in [0.29, 0.717) is 37.8 Å². The average molecular weight is 465 g/mol. The van der Waals surface area contributed by atoms with Crippen molar-refractivity contribution in [3.63, 3.8) is 0 Å². The van der Waals surface area contributed by atoms with E-state index >= 15 is 0 Å². The lowest BCUT2D eigenvalue weighted by atomic mass is 9.80. The summed E-state index contributed by atoms with van der Waals surface area (Å²) in [7, 11) is -2.44. The van der Waals surface area contributed by atoms with Gasteiger partial charge in [-0.2, -0.15) is 9.29 Å². The Morgan fingerprint density at radius 2 is 1.91 bits per heavy atom. The van der Waals surface area contributed by atoms with Crippen LogP contribution in [0.1, 0.15) is 54.2 Å². The Bertz CT molecular complexity index is 1070. The van der Waals surface area contributed by atoms with Gasteiger partial charge in [0.1, 0.15) is 16.2 Å². The van der Waals surface area contributed by atoms with Gasteiger partial charge in [0.15, 0.2) is 5.82 Å². The number of aryl methyl sites for hydroxylation is 1. The molecule has 0 atom stereocenters. The van der Waals surface area contributed by atoms with Crippen molar-refractivity contribution in [2.75, 3.05) is 33.4 Å². The Kier molecular flexibility index (Phi) is 6.50. The molecule has 11 heteroatoms. The quantitative estimate of drug-likeness (QED) is 0.688. The zero-order valence-corrected chi connectivity index (χ0v) is 19.1. The molecule has 1 amide bonds. The first-order valence-corrected chi connectivity index (χ1v) is 12.2. The first kappa shape index (κ1) is 22.7. The Morgan fingerprint density at radius 3 is 2.53 bits per heavy atom. The molecule has 1 aliphatic heterocycles. The molecule has 2 aromatic rings. The van der Waals surface area contributed by atoms with E-state index in [0.717, 1.165) is 19.3 Å². The summed E-state index contributed by atoms with van der Waals surface area (Å²) >= 11 is 0. The van der Waals surface area contributed by atoms with Crippen molar-refractivity contribution in [2.45, 2.75) is 49.5 Å². The zero-order valence-electron chi connectivity index (χ0n) is 18.3. The molecule has 174 valence electrons. The van der Waals surface area contributed by atoms with Gasteiger partial charge >= 0.3 is 0 Å². The summed E-state index contributed by atoms with van der Waals surface area (Å²) in [6, 6.07) is 4.44.